The van der Waals surface area contributed by atoms with E-state index in [1.54, 1.807) is 23.1 Å². The van der Waals surface area contributed by atoms with E-state index in [1.165, 1.54) is 12.1 Å². The van der Waals surface area contributed by atoms with Crippen molar-refractivity contribution in [2.45, 2.75) is 32.4 Å². The summed E-state index contributed by atoms with van der Waals surface area (Å²) in [6.45, 7) is 4.04. The quantitative estimate of drug-likeness (QED) is 0.896. The topological polar surface area (TPSA) is 52.7 Å². The number of nitrogens with one attached hydrogen (secondary N) is 1. The van der Waals surface area contributed by atoms with Crippen molar-refractivity contribution in [3.8, 4) is 0 Å². The molecule has 5 nitrogen and oxygen atoms in total. The van der Waals surface area contributed by atoms with Crippen molar-refractivity contribution in [1.82, 2.24) is 4.90 Å². The molecule has 3 rings (SSSR count). The highest BCUT2D eigenvalue weighted by Gasteiger charge is 2.30. The molecule has 2 atom stereocenters. The highest BCUT2D eigenvalue weighted by molar-refractivity contribution is 6.04. The van der Waals surface area contributed by atoms with Gasteiger partial charge < -0.3 is 10.2 Å². The number of carbonyl (C=O) groups is 2. The number of anilines is 2. The maximum atomic E-state index is 13.2. The Balaban J connectivity index is 1.80. The lowest BCUT2D eigenvalue weighted by molar-refractivity contribution is -0.120. The van der Waals surface area contributed by atoms with Gasteiger partial charge in [0.15, 0.2) is 0 Å². The Morgan fingerprint density at radius 2 is 1.93 bits per heavy atom. The molecule has 1 aliphatic heterocycles. The van der Waals surface area contributed by atoms with Crippen molar-refractivity contribution >= 4 is 23.2 Å². The third-order valence-corrected chi connectivity index (χ3v) is 5.03. The molecule has 0 radical (unpaired) electrons. The summed E-state index contributed by atoms with van der Waals surface area (Å²) in [6, 6.07) is 13.4. The van der Waals surface area contributed by atoms with Crippen LogP contribution in [0.3, 0.4) is 0 Å². The Labute approximate surface area is 158 Å². The fourth-order valence-corrected chi connectivity index (χ4v) is 3.39. The summed E-state index contributed by atoms with van der Waals surface area (Å²) in [5.41, 5.74) is 2.30. The zero-order valence-corrected chi connectivity index (χ0v) is 15.8. The van der Waals surface area contributed by atoms with E-state index in [1.807, 2.05) is 44.0 Å². The molecule has 27 heavy (non-hydrogen) atoms. The van der Waals surface area contributed by atoms with Crippen molar-refractivity contribution in [1.29, 1.82) is 0 Å². The minimum Gasteiger partial charge on any atom is -0.324 e. The molecule has 0 bridgehead atoms. The number of hydrogen-bond donors (Lipinski definition) is 1. The van der Waals surface area contributed by atoms with Gasteiger partial charge in [0, 0.05) is 18.5 Å². The molecule has 2 aromatic rings. The Hall–Kier alpha value is -2.73. The Kier molecular flexibility index (Phi) is 5.56. The van der Waals surface area contributed by atoms with Crippen LogP contribution in [0.15, 0.2) is 48.5 Å². The van der Waals surface area contributed by atoms with Crippen molar-refractivity contribution in [3.63, 3.8) is 0 Å². The van der Waals surface area contributed by atoms with Crippen LogP contribution >= 0.6 is 0 Å². The third kappa shape index (κ3) is 4.17. The zero-order valence-electron chi connectivity index (χ0n) is 15.8. The van der Waals surface area contributed by atoms with E-state index in [0.717, 1.165) is 5.56 Å². The molecule has 1 aliphatic rings. The number of rotatable bonds is 4. The van der Waals surface area contributed by atoms with Crippen molar-refractivity contribution in [3.05, 3.63) is 59.9 Å². The second-order valence-corrected chi connectivity index (χ2v) is 7.02. The van der Waals surface area contributed by atoms with E-state index >= 15 is 0 Å². The van der Waals surface area contributed by atoms with Gasteiger partial charge in [-0.05, 0) is 50.7 Å². The van der Waals surface area contributed by atoms with Gasteiger partial charge in [0.2, 0.25) is 11.8 Å². The molecular weight excluding hydrogens is 345 g/mol. The minimum atomic E-state index is -0.281. The molecule has 0 aliphatic carbocycles. The smallest absolute Gasteiger partial charge is 0.241 e. The first-order valence-electron chi connectivity index (χ1n) is 9.03. The highest BCUT2D eigenvalue weighted by atomic mass is 19.1. The highest BCUT2D eigenvalue weighted by Crippen LogP contribution is 2.31. The number of benzene rings is 2. The molecule has 0 saturated heterocycles. The third-order valence-electron chi connectivity index (χ3n) is 5.03. The first-order chi connectivity index (χ1) is 12.9. The summed E-state index contributed by atoms with van der Waals surface area (Å²) in [5, 5.41) is 2.86. The molecule has 0 fully saturated rings. The van der Waals surface area contributed by atoms with E-state index < -0.39 is 0 Å². The molecular formula is C21H24FN3O2. The van der Waals surface area contributed by atoms with Crippen molar-refractivity contribution in [2.24, 2.45) is 0 Å². The number of amides is 2. The van der Waals surface area contributed by atoms with E-state index in [0.29, 0.717) is 11.4 Å². The number of likely N-dealkylation sites (N-methyl/N-ethyl adjacent to an activating group) is 1. The summed E-state index contributed by atoms with van der Waals surface area (Å²) >= 11 is 0. The van der Waals surface area contributed by atoms with Crippen LogP contribution in [0.1, 0.15) is 31.9 Å². The average molecular weight is 369 g/mol. The van der Waals surface area contributed by atoms with Crippen LogP contribution in [-0.2, 0) is 9.59 Å². The van der Waals surface area contributed by atoms with Gasteiger partial charge in [0.1, 0.15) is 5.82 Å². The second-order valence-electron chi connectivity index (χ2n) is 7.02. The van der Waals surface area contributed by atoms with E-state index in [2.05, 4.69) is 5.32 Å². The van der Waals surface area contributed by atoms with Gasteiger partial charge >= 0.3 is 0 Å². The average Bonchev–Trinajstić information content (AvgIpc) is 2.75. The summed E-state index contributed by atoms with van der Waals surface area (Å²) in [4.78, 5) is 28.8. The number of hydrogen-bond acceptors (Lipinski definition) is 3. The molecule has 0 saturated carbocycles. The molecule has 2 aromatic carbocycles. The lowest BCUT2D eigenvalue weighted by Gasteiger charge is -2.31. The molecule has 2 amide bonds. The Morgan fingerprint density at radius 1 is 1.26 bits per heavy atom. The number of fused-ring (bicyclic) bond motifs is 1. The van der Waals surface area contributed by atoms with E-state index in [9.17, 15) is 14.0 Å². The van der Waals surface area contributed by atoms with Gasteiger partial charge in [-0.1, -0.05) is 24.3 Å². The predicted molar refractivity (Wildman–Crippen MR) is 104 cm³/mol. The fraction of sp³-hybridized carbons (Fsp3) is 0.333. The largest absolute Gasteiger partial charge is 0.324 e. The molecule has 0 spiro atoms. The standard InChI is InChI=1S/C21H24FN3O2/c1-14-12-20(26)23-18-6-4-5-7-19(18)25(14)21(27)13-24(3)15(2)16-8-10-17(22)11-9-16/h4-11,14-15H,12-13H2,1-3H3,(H,23,26)/t14-,15+/m1/s1. The maximum absolute atomic E-state index is 13.2. The van der Waals surface area contributed by atoms with Crippen molar-refractivity contribution < 1.29 is 14.0 Å². The van der Waals surface area contributed by atoms with Crippen LogP contribution in [0, 0.1) is 5.82 Å². The fourth-order valence-electron chi connectivity index (χ4n) is 3.39. The minimum absolute atomic E-state index is 0.0492. The molecule has 0 aromatic heterocycles. The van der Waals surface area contributed by atoms with Crippen molar-refractivity contribution in [2.75, 3.05) is 23.8 Å². The first kappa shape index (κ1) is 19.0. The SMILES string of the molecule is C[C@@H]1CC(=O)Nc2ccccc2N1C(=O)CN(C)[C@@H](C)c1ccc(F)cc1. The molecule has 0 unspecified atom stereocenters. The summed E-state index contributed by atoms with van der Waals surface area (Å²) in [7, 11) is 1.86. The number of nitrogens with zero attached hydrogens (tertiary/aromatic N) is 2. The Bertz CT molecular complexity index is 838. The molecule has 142 valence electrons. The summed E-state index contributed by atoms with van der Waals surface area (Å²) in [5.74, 6) is -0.460. The number of para-hydroxylation sites is 2. The van der Waals surface area contributed by atoms with Gasteiger partial charge in [0.05, 0.1) is 17.9 Å². The van der Waals surface area contributed by atoms with E-state index in [4.69, 9.17) is 0 Å². The van der Waals surface area contributed by atoms with Crippen LogP contribution in [-0.4, -0.2) is 36.3 Å². The van der Waals surface area contributed by atoms with Crippen LogP contribution in [0.4, 0.5) is 15.8 Å². The normalized spacial score (nSPS) is 17.9. The van der Waals surface area contributed by atoms with Gasteiger partial charge in [-0.15, -0.1) is 0 Å². The van der Waals surface area contributed by atoms with Gasteiger partial charge in [-0.3, -0.25) is 14.5 Å². The van der Waals surface area contributed by atoms with Gasteiger partial charge in [0.25, 0.3) is 0 Å². The molecule has 1 heterocycles. The van der Waals surface area contributed by atoms with E-state index in [-0.39, 0.29) is 42.7 Å². The Morgan fingerprint density at radius 3 is 2.63 bits per heavy atom. The first-order valence-corrected chi connectivity index (χ1v) is 9.03. The van der Waals surface area contributed by atoms with Gasteiger partial charge in [-0.2, -0.15) is 0 Å². The lowest BCUT2D eigenvalue weighted by atomic mass is 10.1. The molecule has 1 N–H and O–H groups in total. The summed E-state index contributed by atoms with van der Waals surface area (Å²) < 4.78 is 13.2. The van der Waals surface area contributed by atoms with Crippen LogP contribution in [0.2, 0.25) is 0 Å². The monoisotopic (exact) mass is 369 g/mol. The zero-order chi connectivity index (χ0) is 19.6. The maximum Gasteiger partial charge on any atom is 0.241 e. The molecule has 6 heteroatoms. The number of halogens is 1. The lowest BCUT2D eigenvalue weighted by Crippen LogP contribution is -2.44. The second kappa shape index (κ2) is 7.88. The van der Waals surface area contributed by atoms with Crippen LogP contribution in [0.5, 0.6) is 0 Å². The predicted octanol–water partition coefficient (Wildman–Crippen LogP) is 3.58. The summed E-state index contributed by atoms with van der Waals surface area (Å²) in [6.07, 6.45) is 0.248. The van der Waals surface area contributed by atoms with Gasteiger partial charge in [-0.25, -0.2) is 4.39 Å². The number of carbonyl (C=O) groups excluding carboxylic acids is 2. The van der Waals surface area contributed by atoms with Crippen LogP contribution < -0.4 is 10.2 Å². The van der Waals surface area contributed by atoms with Crippen LogP contribution in [0.25, 0.3) is 0 Å².